The van der Waals surface area contributed by atoms with Crippen LogP contribution in [0.3, 0.4) is 0 Å². The number of carbonyl (C=O) groups excluding carboxylic acids is 2. The van der Waals surface area contributed by atoms with Gasteiger partial charge in [0.1, 0.15) is 5.75 Å². The second-order valence-electron chi connectivity index (χ2n) is 6.14. The summed E-state index contributed by atoms with van der Waals surface area (Å²) in [7, 11) is 0. The van der Waals surface area contributed by atoms with E-state index in [0.29, 0.717) is 11.3 Å². The van der Waals surface area contributed by atoms with Gasteiger partial charge in [0.15, 0.2) is 6.61 Å². The highest BCUT2D eigenvalue weighted by molar-refractivity contribution is 5.98. The number of para-hydroxylation sites is 1. The molecule has 1 heterocycles. The number of nitrogens with zero attached hydrogens (tertiary/aromatic N) is 1. The topological polar surface area (TPSA) is 72.4 Å². The summed E-state index contributed by atoms with van der Waals surface area (Å²) in [6.45, 7) is 3.79. The van der Waals surface area contributed by atoms with Crippen molar-refractivity contribution in [3.63, 3.8) is 0 Å². The van der Waals surface area contributed by atoms with Gasteiger partial charge < -0.3 is 9.30 Å². The van der Waals surface area contributed by atoms with Crippen molar-refractivity contribution in [2.24, 2.45) is 0 Å². The molecular weight excluding hydrogens is 342 g/mol. The Morgan fingerprint density at radius 3 is 2.41 bits per heavy atom. The molecule has 2 N–H and O–H groups in total. The van der Waals surface area contributed by atoms with Crippen LogP contribution in [0.4, 0.5) is 0 Å². The molecule has 2 aromatic carbocycles. The third-order valence-corrected chi connectivity index (χ3v) is 4.20. The molecule has 1 aromatic heterocycles. The van der Waals surface area contributed by atoms with Gasteiger partial charge in [-0.05, 0) is 61.4 Å². The van der Waals surface area contributed by atoms with Gasteiger partial charge in [0.05, 0.1) is 11.3 Å². The highest BCUT2D eigenvalue weighted by Gasteiger charge is 2.13. The number of nitrogens with one attached hydrogen (secondary N) is 2. The molecule has 3 rings (SSSR count). The van der Waals surface area contributed by atoms with E-state index in [1.807, 2.05) is 73.3 Å². The van der Waals surface area contributed by atoms with E-state index in [9.17, 15) is 9.59 Å². The summed E-state index contributed by atoms with van der Waals surface area (Å²) in [6.07, 6.45) is 3.70. The monoisotopic (exact) mass is 363 g/mol. The number of aryl methyl sites for hydroxylation is 2. The fourth-order valence-electron chi connectivity index (χ4n) is 2.57. The number of rotatable bonds is 5. The van der Waals surface area contributed by atoms with Crippen LogP contribution in [0.1, 0.15) is 21.5 Å². The summed E-state index contributed by atoms with van der Waals surface area (Å²) < 4.78 is 7.29. The first kappa shape index (κ1) is 18.3. The van der Waals surface area contributed by atoms with E-state index < -0.39 is 11.8 Å². The fraction of sp³-hybridized carbons (Fsp3) is 0.143. The standard InChI is InChI=1S/C21H21N3O3/c1-15-9-10-17(13-16(15)2)27-14-20(25)22-23-21(26)18-7-3-4-8-19(18)24-11-5-6-12-24/h3-13H,14H2,1-2H3,(H,22,25)(H,23,26). The maximum Gasteiger partial charge on any atom is 0.276 e. The second kappa shape index (κ2) is 8.23. The van der Waals surface area contributed by atoms with Crippen LogP contribution >= 0.6 is 0 Å². The van der Waals surface area contributed by atoms with Crippen LogP contribution in [0.15, 0.2) is 67.0 Å². The Morgan fingerprint density at radius 1 is 0.926 bits per heavy atom. The van der Waals surface area contributed by atoms with Gasteiger partial charge in [-0.3, -0.25) is 20.4 Å². The Morgan fingerprint density at radius 2 is 1.67 bits per heavy atom. The molecule has 0 radical (unpaired) electrons. The predicted octanol–water partition coefficient (Wildman–Crippen LogP) is 2.93. The van der Waals surface area contributed by atoms with Gasteiger partial charge in [-0.15, -0.1) is 0 Å². The van der Waals surface area contributed by atoms with E-state index in [0.717, 1.165) is 16.8 Å². The first-order valence-corrected chi connectivity index (χ1v) is 8.56. The summed E-state index contributed by atoms with van der Waals surface area (Å²) >= 11 is 0. The maximum atomic E-state index is 12.4. The number of hydrogen-bond acceptors (Lipinski definition) is 3. The summed E-state index contributed by atoms with van der Waals surface area (Å²) in [5, 5.41) is 0. The van der Waals surface area contributed by atoms with Crippen LogP contribution in [0.25, 0.3) is 5.69 Å². The number of carbonyl (C=O) groups is 2. The minimum Gasteiger partial charge on any atom is -0.484 e. The smallest absolute Gasteiger partial charge is 0.276 e. The quantitative estimate of drug-likeness (QED) is 0.685. The Kier molecular flexibility index (Phi) is 5.56. The third-order valence-electron chi connectivity index (χ3n) is 4.20. The van der Waals surface area contributed by atoms with E-state index in [2.05, 4.69) is 10.9 Å². The van der Waals surface area contributed by atoms with Crippen molar-refractivity contribution in [1.82, 2.24) is 15.4 Å². The van der Waals surface area contributed by atoms with Gasteiger partial charge in [0.25, 0.3) is 11.8 Å². The molecule has 0 atom stereocenters. The van der Waals surface area contributed by atoms with Crippen molar-refractivity contribution in [3.8, 4) is 11.4 Å². The average molecular weight is 363 g/mol. The number of aromatic nitrogens is 1. The molecule has 6 heteroatoms. The molecule has 3 aromatic rings. The van der Waals surface area contributed by atoms with Crippen molar-refractivity contribution in [1.29, 1.82) is 0 Å². The zero-order chi connectivity index (χ0) is 19.2. The van der Waals surface area contributed by atoms with Gasteiger partial charge >= 0.3 is 0 Å². The van der Waals surface area contributed by atoms with Crippen LogP contribution in [-0.4, -0.2) is 23.0 Å². The van der Waals surface area contributed by atoms with E-state index in [4.69, 9.17) is 4.74 Å². The van der Waals surface area contributed by atoms with Crippen LogP contribution < -0.4 is 15.6 Å². The Hall–Kier alpha value is -3.54. The molecule has 0 unspecified atom stereocenters. The lowest BCUT2D eigenvalue weighted by molar-refractivity contribution is -0.123. The average Bonchev–Trinajstić information content (AvgIpc) is 3.21. The number of hydrazine groups is 1. The molecular formula is C21H21N3O3. The van der Waals surface area contributed by atoms with Gasteiger partial charge in [-0.25, -0.2) is 0 Å². The lowest BCUT2D eigenvalue weighted by atomic mass is 10.1. The predicted molar refractivity (Wildman–Crippen MR) is 103 cm³/mol. The molecule has 27 heavy (non-hydrogen) atoms. The summed E-state index contributed by atoms with van der Waals surface area (Å²) in [4.78, 5) is 24.4. The maximum absolute atomic E-state index is 12.4. The number of hydrogen-bond donors (Lipinski definition) is 2. The molecule has 0 bridgehead atoms. The molecule has 0 spiro atoms. The molecule has 0 aliphatic carbocycles. The van der Waals surface area contributed by atoms with Gasteiger partial charge in [-0.2, -0.15) is 0 Å². The SMILES string of the molecule is Cc1ccc(OCC(=O)NNC(=O)c2ccccc2-n2cccc2)cc1C. The van der Waals surface area contributed by atoms with E-state index >= 15 is 0 Å². The molecule has 0 saturated carbocycles. The summed E-state index contributed by atoms with van der Waals surface area (Å²) in [5.41, 5.74) is 8.21. The van der Waals surface area contributed by atoms with Crippen LogP contribution in [-0.2, 0) is 4.79 Å². The minimum absolute atomic E-state index is 0.192. The zero-order valence-electron chi connectivity index (χ0n) is 15.2. The van der Waals surface area contributed by atoms with Crippen molar-refractivity contribution in [2.45, 2.75) is 13.8 Å². The number of ether oxygens (including phenoxy) is 1. The Labute approximate surface area is 157 Å². The first-order chi connectivity index (χ1) is 13.0. The minimum atomic E-state index is -0.444. The molecule has 0 aliphatic rings. The van der Waals surface area contributed by atoms with Crippen molar-refractivity contribution in [2.75, 3.05) is 6.61 Å². The first-order valence-electron chi connectivity index (χ1n) is 8.56. The van der Waals surface area contributed by atoms with Crippen molar-refractivity contribution < 1.29 is 14.3 Å². The lowest BCUT2D eigenvalue weighted by Crippen LogP contribution is -2.44. The normalized spacial score (nSPS) is 10.3. The van der Waals surface area contributed by atoms with Crippen LogP contribution in [0.2, 0.25) is 0 Å². The highest BCUT2D eigenvalue weighted by Crippen LogP contribution is 2.16. The largest absolute Gasteiger partial charge is 0.484 e. The third kappa shape index (κ3) is 4.55. The lowest BCUT2D eigenvalue weighted by Gasteiger charge is -2.12. The molecule has 0 aliphatic heterocycles. The van der Waals surface area contributed by atoms with E-state index in [1.165, 1.54) is 0 Å². The summed E-state index contributed by atoms with van der Waals surface area (Å²) in [6, 6.07) is 16.5. The zero-order valence-corrected chi connectivity index (χ0v) is 15.2. The molecule has 0 saturated heterocycles. The molecule has 2 amide bonds. The highest BCUT2D eigenvalue weighted by atomic mass is 16.5. The Balaban J connectivity index is 1.56. The van der Waals surface area contributed by atoms with E-state index in [-0.39, 0.29) is 6.61 Å². The number of amides is 2. The van der Waals surface area contributed by atoms with Gasteiger partial charge in [0.2, 0.25) is 0 Å². The van der Waals surface area contributed by atoms with Gasteiger partial charge in [0, 0.05) is 12.4 Å². The fourth-order valence-corrected chi connectivity index (χ4v) is 2.57. The second-order valence-corrected chi connectivity index (χ2v) is 6.14. The van der Waals surface area contributed by atoms with Gasteiger partial charge in [-0.1, -0.05) is 18.2 Å². The molecule has 6 nitrogen and oxygen atoms in total. The molecule has 138 valence electrons. The van der Waals surface area contributed by atoms with Crippen molar-refractivity contribution in [3.05, 3.63) is 83.7 Å². The Bertz CT molecular complexity index is 949. The van der Waals surface area contributed by atoms with E-state index in [1.54, 1.807) is 12.1 Å². The summed E-state index contributed by atoms with van der Waals surface area (Å²) in [5.74, 6) is -0.239. The van der Waals surface area contributed by atoms with Crippen LogP contribution in [0, 0.1) is 13.8 Å². The van der Waals surface area contributed by atoms with Crippen molar-refractivity contribution >= 4 is 11.8 Å². The number of benzene rings is 2. The van der Waals surface area contributed by atoms with Crippen LogP contribution in [0.5, 0.6) is 5.75 Å². The molecule has 0 fully saturated rings.